The van der Waals surface area contributed by atoms with Crippen molar-refractivity contribution >= 4 is 53.3 Å². The van der Waals surface area contributed by atoms with E-state index < -0.39 is 126 Å². The molecule has 1 saturated heterocycles. The first-order chi connectivity index (χ1) is 28.4. The quantitative estimate of drug-likeness (QED) is 0.0706. The number of benzene rings is 1. The maximum Gasteiger partial charge on any atom is 0.326 e. The topological polar surface area (TPSA) is 296 Å². The van der Waals surface area contributed by atoms with Crippen LogP contribution in [0, 0.1) is 23.7 Å². The van der Waals surface area contributed by atoms with Crippen molar-refractivity contribution in [1.29, 1.82) is 0 Å². The van der Waals surface area contributed by atoms with Gasteiger partial charge in [0.2, 0.25) is 41.4 Å². The number of nitrogens with zero attached hydrogens (tertiary/aromatic N) is 1. The van der Waals surface area contributed by atoms with E-state index in [1.165, 1.54) is 11.8 Å². The first-order valence-corrected chi connectivity index (χ1v) is 20.8. The van der Waals surface area contributed by atoms with Gasteiger partial charge in [-0.25, -0.2) is 4.79 Å². The molecule has 10 N–H and O–H groups in total. The molecule has 0 aromatic heterocycles. The highest BCUT2D eigenvalue weighted by molar-refractivity contribution is 5.98. The predicted octanol–water partition coefficient (Wildman–Crippen LogP) is 0.0495. The van der Waals surface area contributed by atoms with Crippen molar-refractivity contribution < 1.29 is 53.4 Å². The second kappa shape index (κ2) is 24.0. The number of nitrogens with one attached hydrogen (secondary N) is 6. The number of amides is 7. The Labute approximate surface area is 357 Å². The summed E-state index contributed by atoms with van der Waals surface area (Å²) in [4.78, 5) is 119. The zero-order valence-corrected chi connectivity index (χ0v) is 36.7. The molecule has 61 heavy (non-hydrogen) atoms. The third-order valence-corrected chi connectivity index (χ3v) is 10.3. The number of likely N-dealkylation sites (tertiary alicyclic amines) is 1. The molecule has 19 heteroatoms. The van der Waals surface area contributed by atoms with Gasteiger partial charge in [0.15, 0.2) is 0 Å². The molecule has 0 saturated carbocycles. The number of carboxylic acid groups (broad SMARTS) is 2. The zero-order valence-electron chi connectivity index (χ0n) is 36.7. The highest BCUT2D eigenvalue weighted by Crippen LogP contribution is 2.21. The van der Waals surface area contributed by atoms with E-state index >= 15 is 0 Å². The maximum atomic E-state index is 14.0. The van der Waals surface area contributed by atoms with E-state index in [0.717, 1.165) is 0 Å². The molecule has 1 aromatic carbocycles. The Morgan fingerprint density at radius 3 is 1.64 bits per heavy atom. The van der Waals surface area contributed by atoms with Gasteiger partial charge in [0.25, 0.3) is 0 Å². The van der Waals surface area contributed by atoms with Gasteiger partial charge in [0.1, 0.15) is 42.3 Å². The number of carbonyl (C=O) groups is 9. The number of aliphatic carboxylic acids is 2. The van der Waals surface area contributed by atoms with Crippen LogP contribution in [0.4, 0.5) is 0 Å². The number of carbonyl (C=O) groups excluding carboxylic acids is 7. The number of hydrogen-bond donors (Lipinski definition) is 9. The van der Waals surface area contributed by atoms with Crippen molar-refractivity contribution in [1.82, 2.24) is 36.8 Å². The molecule has 1 fully saturated rings. The molecule has 0 spiro atoms. The van der Waals surface area contributed by atoms with Gasteiger partial charge in [-0.2, -0.15) is 0 Å². The van der Waals surface area contributed by atoms with Crippen molar-refractivity contribution in [2.24, 2.45) is 29.4 Å². The van der Waals surface area contributed by atoms with Gasteiger partial charge in [0.05, 0.1) is 12.5 Å². The smallest absolute Gasteiger partial charge is 0.326 e. The average molecular weight is 859 g/mol. The second-order valence-electron chi connectivity index (χ2n) is 17.1. The Kier molecular flexibility index (Phi) is 20.3. The van der Waals surface area contributed by atoms with E-state index in [4.69, 9.17) is 10.8 Å². The van der Waals surface area contributed by atoms with E-state index in [1.807, 2.05) is 13.8 Å². The fourth-order valence-corrected chi connectivity index (χ4v) is 6.79. The van der Waals surface area contributed by atoms with Crippen molar-refractivity contribution in [2.75, 3.05) is 6.54 Å². The standard InChI is InChI=1S/C42H66N8O11/c1-21(2)18-28(45-38(56)29(19-26-14-11-10-12-15-26)46-39(57)32(22(3)4)48-36(54)27(43)20-31(51)52)37(55)44-25(9)35(53)47-33(23(5)6)40(58)49-34(24(7)8)41(59)50-17-13-16-30(50)42(60)61/h10-12,14-15,21-25,27-30,32-34H,13,16-20,43H2,1-9H3,(H,44,55)(H,45,56)(H,46,57)(H,47,53)(H,48,54)(H,49,58)(H,51,52)(H,60,61)/t25-,27-,28-,29-,30-,32-,33-,34-/m0/s1. The van der Waals surface area contributed by atoms with Gasteiger partial charge in [-0.05, 0) is 55.4 Å². The number of carboxylic acids is 2. The monoisotopic (exact) mass is 858 g/mol. The van der Waals surface area contributed by atoms with E-state index in [9.17, 15) is 48.3 Å². The summed E-state index contributed by atoms with van der Waals surface area (Å²) in [7, 11) is 0. The predicted molar refractivity (Wildman–Crippen MR) is 224 cm³/mol. The molecule has 0 aliphatic carbocycles. The van der Waals surface area contributed by atoms with Crippen LogP contribution in [-0.2, 0) is 49.6 Å². The van der Waals surface area contributed by atoms with Gasteiger partial charge < -0.3 is 52.7 Å². The summed E-state index contributed by atoms with van der Waals surface area (Å²) in [5.74, 6) is -8.93. The lowest BCUT2D eigenvalue weighted by Gasteiger charge is -2.31. The SMILES string of the molecule is CC(C)C[C@H](NC(=O)[C@H](Cc1ccccc1)NC(=O)[C@@H](NC(=O)[C@@H](N)CC(=O)O)C(C)C)C(=O)N[C@@H](C)C(=O)N[C@H](C(=O)N[C@H](C(=O)N1CCC[C@H]1C(=O)O)C(C)C)C(C)C. The molecule has 2 rings (SSSR count). The Morgan fingerprint density at radius 1 is 0.639 bits per heavy atom. The fourth-order valence-electron chi connectivity index (χ4n) is 6.79. The first-order valence-electron chi connectivity index (χ1n) is 20.8. The Balaban J connectivity index is 2.25. The maximum absolute atomic E-state index is 14.0. The van der Waals surface area contributed by atoms with Gasteiger partial charge in [-0.1, -0.05) is 85.7 Å². The van der Waals surface area contributed by atoms with Crippen LogP contribution in [0.3, 0.4) is 0 Å². The minimum atomic E-state index is -1.42. The third kappa shape index (κ3) is 16.1. The van der Waals surface area contributed by atoms with Crippen LogP contribution < -0.4 is 37.6 Å². The molecule has 0 radical (unpaired) electrons. The summed E-state index contributed by atoms with van der Waals surface area (Å²) in [6, 6.07) is -0.725. The Bertz CT molecular complexity index is 1720. The van der Waals surface area contributed by atoms with Gasteiger partial charge in [-0.15, -0.1) is 0 Å². The summed E-state index contributed by atoms with van der Waals surface area (Å²) in [6.45, 7) is 15.4. The molecular formula is C42H66N8O11. The molecule has 19 nitrogen and oxygen atoms in total. The largest absolute Gasteiger partial charge is 0.481 e. The van der Waals surface area contributed by atoms with Gasteiger partial charge in [0, 0.05) is 13.0 Å². The van der Waals surface area contributed by atoms with Gasteiger partial charge in [-0.3, -0.25) is 38.4 Å². The van der Waals surface area contributed by atoms with Crippen LogP contribution in [0.15, 0.2) is 30.3 Å². The van der Waals surface area contributed by atoms with Crippen LogP contribution >= 0.6 is 0 Å². The highest BCUT2D eigenvalue weighted by atomic mass is 16.4. The van der Waals surface area contributed by atoms with Crippen molar-refractivity contribution in [3.8, 4) is 0 Å². The molecule has 0 bridgehead atoms. The van der Waals surface area contributed by atoms with Crippen LogP contribution in [-0.4, -0.2) is 123 Å². The minimum absolute atomic E-state index is 0.00931. The molecule has 7 amide bonds. The Hall–Kier alpha value is -5.59. The van der Waals surface area contributed by atoms with Crippen LogP contribution in [0.5, 0.6) is 0 Å². The summed E-state index contributed by atoms with van der Waals surface area (Å²) >= 11 is 0. The van der Waals surface area contributed by atoms with E-state index in [-0.39, 0.29) is 25.3 Å². The van der Waals surface area contributed by atoms with Crippen LogP contribution in [0.2, 0.25) is 0 Å². The number of hydrogen-bond acceptors (Lipinski definition) is 10. The van der Waals surface area contributed by atoms with Crippen molar-refractivity contribution in [3.63, 3.8) is 0 Å². The molecular weight excluding hydrogens is 793 g/mol. The molecule has 1 aromatic rings. The van der Waals surface area contributed by atoms with Crippen molar-refractivity contribution in [3.05, 3.63) is 35.9 Å². The van der Waals surface area contributed by atoms with E-state index in [2.05, 4.69) is 31.9 Å². The number of nitrogens with two attached hydrogens (primary N) is 1. The summed E-state index contributed by atoms with van der Waals surface area (Å²) in [5.41, 5.74) is 6.38. The lowest BCUT2D eigenvalue weighted by Crippen LogP contribution is -2.61. The fraction of sp³-hybridized carbons (Fsp3) is 0.643. The molecule has 340 valence electrons. The van der Waals surface area contributed by atoms with Crippen LogP contribution in [0.25, 0.3) is 0 Å². The normalized spacial score (nSPS) is 17.3. The summed E-state index contributed by atoms with van der Waals surface area (Å²) in [5, 5.41) is 34.5. The zero-order chi connectivity index (χ0) is 46.3. The third-order valence-electron chi connectivity index (χ3n) is 10.3. The average Bonchev–Trinajstić information content (AvgIpc) is 3.67. The molecule has 1 aliphatic rings. The summed E-state index contributed by atoms with van der Waals surface area (Å²) < 4.78 is 0. The molecule has 1 heterocycles. The van der Waals surface area contributed by atoms with E-state index in [1.54, 1.807) is 71.9 Å². The van der Waals surface area contributed by atoms with Gasteiger partial charge >= 0.3 is 11.9 Å². The number of rotatable bonds is 23. The lowest BCUT2D eigenvalue weighted by atomic mass is 9.98. The van der Waals surface area contributed by atoms with Crippen molar-refractivity contribution in [2.45, 2.75) is 143 Å². The minimum Gasteiger partial charge on any atom is -0.481 e. The van der Waals surface area contributed by atoms with E-state index in [0.29, 0.717) is 18.4 Å². The molecule has 0 unspecified atom stereocenters. The highest BCUT2D eigenvalue weighted by Gasteiger charge is 2.40. The lowest BCUT2D eigenvalue weighted by molar-refractivity contribution is -0.150. The molecule has 8 atom stereocenters. The summed E-state index contributed by atoms with van der Waals surface area (Å²) in [6.07, 6.45) is 0.268. The van der Waals surface area contributed by atoms with Crippen LogP contribution in [0.1, 0.15) is 93.6 Å². The molecule has 1 aliphatic heterocycles. The first kappa shape index (κ1) is 51.6. The Morgan fingerprint density at radius 2 is 1.13 bits per heavy atom. The second-order valence-corrected chi connectivity index (χ2v) is 17.1.